The molecule has 0 spiro atoms. The average Bonchev–Trinajstić information content (AvgIpc) is 3.09. The van der Waals surface area contributed by atoms with Crippen LogP contribution >= 0.6 is 11.6 Å². The summed E-state index contributed by atoms with van der Waals surface area (Å²) >= 11 is 6.15. The van der Waals surface area contributed by atoms with Crippen molar-refractivity contribution in [2.24, 2.45) is 0 Å². The maximum absolute atomic E-state index is 13.5. The topological polar surface area (TPSA) is 76.6 Å². The Bertz CT molecular complexity index is 1460. The summed E-state index contributed by atoms with van der Waals surface area (Å²) in [5, 5.41) is 1.08. The fourth-order valence-electron chi connectivity index (χ4n) is 4.03. The Balaban J connectivity index is 1.53. The molecule has 0 N–H and O–H groups in total. The van der Waals surface area contributed by atoms with E-state index in [1.54, 1.807) is 67.6 Å². The Morgan fingerprint density at radius 3 is 2.39 bits per heavy atom. The monoisotopic (exact) mass is 456 g/mol. The highest BCUT2D eigenvalue weighted by Gasteiger charge is 2.41. The van der Waals surface area contributed by atoms with Crippen LogP contribution in [0, 0.1) is 6.92 Å². The summed E-state index contributed by atoms with van der Waals surface area (Å²) in [5.41, 5.74) is 2.55. The van der Waals surface area contributed by atoms with Crippen molar-refractivity contribution in [1.82, 2.24) is 4.98 Å². The molecule has 33 heavy (non-hydrogen) atoms. The van der Waals surface area contributed by atoms with Gasteiger partial charge in [-0.1, -0.05) is 60.1 Å². The Kier molecular flexibility index (Phi) is 5.15. The van der Waals surface area contributed by atoms with Crippen LogP contribution in [0.5, 0.6) is 0 Å². The number of halogens is 1. The van der Waals surface area contributed by atoms with Crippen LogP contribution in [0.3, 0.4) is 0 Å². The molecule has 0 aliphatic carbocycles. The molecule has 0 unspecified atom stereocenters. The van der Waals surface area contributed by atoms with Crippen molar-refractivity contribution in [3.05, 3.63) is 106 Å². The molecule has 1 aromatic heterocycles. The Morgan fingerprint density at radius 1 is 0.909 bits per heavy atom. The highest BCUT2D eigenvalue weighted by molar-refractivity contribution is 6.38. The standard InChI is InChI=1S/C26H17ClN2O4/c1-15-22-23(17-9-3-6-12-20(17)28-15)25(31)29(24(22)30)21-13-7-4-10-18(21)26(32)33-14-16-8-2-5-11-19(16)27/h2-13H,14H2,1H3. The van der Waals surface area contributed by atoms with Gasteiger partial charge < -0.3 is 4.74 Å². The highest BCUT2D eigenvalue weighted by Crippen LogP contribution is 2.35. The number of carbonyl (C=O) groups is 3. The van der Waals surface area contributed by atoms with Crippen LogP contribution in [-0.2, 0) is 11.3 Å². The number of esters is 1. The Morgan fingerprint density at radius 2 is 1.58 bits per heavy atom. The summed E-state index contributed by atoms with van der Waals surface area (Å²) in [6.07, 6.45) is 0. The predicted molar refractivity (Wildman–Crippen MR) is 125 cm³/mol. The highest BCUT2D eigenvalue weighted by atomic mass is 35.5. The summed E-state index contributed by atoms with van der Waals surface area (Å²) < 4.78 is 5.45. The van der Waals surface area contributed by atoms with Gasteiger partial charge in [0.15, 0.2) is 0 Å². The van der Waals surface area contributed by atoms with Crippen LogP contribution in [-0.4, -0.2) is 22.8 Å². The van der Waals surface area contributed by atoms with E-state index in [1.807, 2.05) is 6.07 Å². The summed E-state index contributed by atoms with van der Waals surface area (Å²) in [6, 6.07) is 20.6. The van der Waals surface area contributed by atoms with Gasteiger partial charge in [0.2, 0.25) is 0 Å². The number of carbonyl (C=O) groups excluding carboxylic acids is 3. The van der Waals surface area contributed by atoms with E-state index in [0.717, 1.165) is 4.90 Å². The number of para-hydroxylation sites is 2. The van der Waals surface area contributed by atoms with E-state index in [1.165, 1.54) is 6.07 Å². The smallest absolute Gasteiger partial charge is 0.340 e. The van der Waals surface area contributed by atoms with Crippen LogP contribution in [0.25, 0.3) is 10.9 Å². The third kappa shape index (κ3) is 3.45. The molecule has 162 valence electrons. The van der Waals surface area contributed by atoms with Crippen molar-refractivity contribution in [2.45, 2.75) is 13.5 Å². The average molecular weight is 457 g/mol. The second-order valence-corrected chi connectivity index (χ2v) is 8.00. The maximum atomic E-state index is 13.5. The van der Waals surface area contributed by atoms with Gasteiger partial charge >= 0.3 is 5.97 Å². The lowest BCUT2D eigenvalue weighted by Crippen LogP contribution is -2.31. The van der Waals surface area contributed by atoms with Gasteiger partial charge in [0.1, 0.15) is 6.61 Å². The Hall–Kier alpha value is -4.03. The maximum Gasteiger partial charge on any atom is 0.340 e. The number of amides is 2. The first kappa shape index (κ1) is 20.8. The van der Waals surface area contributed by atoms with Crippen LogP contribution in [0.1, 0.15) is 42.3 Å². The zero-order chi connectivity index (χ0) is 23.1. The number of benzene rings is 3. The molecular weight excluding hydrogens is 440 g/mol. The number of pyridine rings is 1. The molecule has 0 saturated carbocycles. The number of hydrogen-bond acceptors (Lipinski definition) is 5. The van der Waals surface area contributed by atoms with Crippen molar-refractivity contribution in [2.75, 3.05) is 4.90 Å². The van der Waals surface area contributed by atoms with E-state index in [4.69, 9.17) is 16.3 Å². The zero-order valence-electron chi connectivity index (χ0n) is 17.5. The van der Waals surface area contributed by atoms with Gasteiger partial charge in [-0.3, -0.25) is 14.6 Å². The number of anilines is 1. The van der Waals surface area contributed by atoms with E-state index in [2.05, 4.69) is 4.98 Å². The molecular formula is C26H17ClN2O4. The molecule has 1 aliphatic heterocycles. The summed E-state index contributed by atoms with van der Waals surface area (Å²) in [6.45, 7) is 1.66. The molecule has 7 heteroatoms. The number of ether oxygens (including phenoxy) is 1. The van der Waals surface area contributed by atoms with Gasteiger partial charge in [-0.15, -0.1) is 0 Å². The third-order valence-corrected chi connectivity index (χ3v) is 5.96. The van der Waals surface area contributed by atoms with E-state index in [-0.39, 0.29) is 23.4 Å². The van der Waals surface area contributed by atoms with Crippen LogP contribution < -0.4 is 4.90 Å². The first-order valence-corrected chi connectivity index (χ1v) is 10.6. The fourth-order valence-corrected chi connectivity index (χ4v) is 4.22. The fraction of sp³-hybridized carbons (Fsp3) is 0.0769. The lowest BCUT2D eigenvalue weighted by Gasteiger charge is -2.17. The summed E-state index contributed by atoms with van der Waals surface area (Å²) in [5.74, 6) is -1.68. The second kappa shape index (κ2) is 8.15. The minimum atomic E-state index is -0.665. The number of nitrogens with zero attached hydrogens (tertiary/aromatic N) is 2. The number of aromatic nitrogens is 1. The summed E-state index contributed by atoms with van der Waals surface area (Å²) in [7, 11) is 0. The van der Waals surface area contributed by atoms with E-state index in [9.17, 15) is 14.4 Å². The van der Waals surface area contributed by atoms with Crippen molar-refractivity contribution in [3.63, 3.8) is 0 Å². The molecule has 0 atom stereocenters. The molecule has 0 bridgehead atoms. The van der Waals surface area contributed by atoms with Gasteiger partial charge in [-0.2, -0.15) is 0 Å². The molecule has 0 radical (unpaired) electrons. The van der Waals surface area contributed by atoms with Crippen molar-refractivity contribution >= 4 is 46.0 Å². The van der Waals surface area contributed by atoms with Crippen molar-refractivity contribution < 1.29 is 19.1 Å². The van der Waals surface area contributed by atoms with Gasteiger partial charge in [0, 0.05) is 16.0 Å². The van der Waals surface area contributed by atoms with E-state index >= 15 is 0 Å². The molecule has 2 amide bonds. The first-order valence-electron chi connectivity index (χ1n) is 10.2. The molecule has 0 fully saturated rings. The van der Waals surface area contributed by atoms with Gasteiger partial charge in [-0.05, 0) is 31.2 Å². The number of rotatable bonds is 4. The molecule has 2 heterocycles. The largest absolute Gasteiger partial charge is 0.457 e. The quantitative estimate of drug-likeness (QED) is 0.305. The lowest BCUT2D eigenvalue weighted by atomic mass is 10.0. The van der Waals surface area contributed by atoms with Crippen LogP contribution in [0.4, 0.5) is 5.69 Å². The van der Waals surface area contributed by atoms with Crippen LogP contribution in [0.2, 0.25) is 5.02 Å². The summed E-state index contributed by atoms with van der Waals surface area (Å²) in [4.78, 5) is 45.3. The van der Waals surface area contributed by atoms with Gasteiger partial charge in [0.05, 0.1) is 33.6 Å². The first-order chi connectivity index (χ1) is 16.0. The molecule has 5 rings (SSSR count). The van der Waals surface area contributed by atoms with Crippen LogP contribution in [0.15, 0.2) is 72.8 Å². The number of fused-ring (bicyclic) bond motifs is 3. The normalized spacial score (nSPS) is 12.8. The van der Waals surface area contributed by atoms with Crippen molar-refractivity contribution in [3.8, 4) is 0 Å². The van der Waals surface area contributed by atoms with E-state index < -0.39 is 17.8 Å². The Labute approximate surface area is 194 Å². The molecule has 1 aliphatic rings. The minimum Gasteiger partial charge on any atom is -0.457 e. The van der Waals surface area contributed by atoms with Crippen molar-refractivity contribution in [1.29, 1.82) is 0 Å². The number of aryl methyl sites for hydroxylation is 1. The molecule has 4 aromatic rings. The molecule has 6 nitrogen and oxygen atoms in total. The minimum absolute atomic E-state index is 0.0391. The predicted octanol–water partition coefficient (Wildman–Crippen LogP) is 5.35. The number of imide groups is 1. The van der Waals surface area contributed by atoms with Gasteiger partial charge in [-0.25, -0.2) is 9.69 Å². The SMILES string of the molecule is Cc1nc2ccccc2c2c1C(=O)N(c1ccccc1C(=O)OCc1ccccc1Cl)C2=O. The third-order valence-electron chi connectivity index (χ3n) is 5.59. The van der Waals surface area contributed by atoms with E-state index in [0.29, 0.717) is 32.7 Å². The second-order valence-electron chi connectivity index (χ2n) is 7.59. The lowest BCUT2D eigenvalue weighted by molar-refractivity contribution is 0.0474. The van der Waals surface area contributed by atoms with Gasteiger partial charge in [0.25, 0.3) is 11.8 Å². The molecule has 0 saturated heterocycles. The number of hydrogen-bond donors (Lipinski definition) is 0. The molecule has 3 aromatic carbocycles. The zero-order valence-corrected chi connectivity index (χ0v) is 18.3.